The van der Waals surface area contributed by atoms with Gasteiger partial charge in [0.15, 0.2) is 0 Å². The molecule has 3 heterocycles. The van der Waals surface area contributed by atoms with Crippen LogP contribution in [0, 0.1) is 39.6 Å². The van der Waals surface area contributed by atoms with Crippen molar-refractivity contribution in [2.45, 2.75) is 20.8 Å². The quantitative estimate of drug-likeness (QED) is 0.138. The number of aromatic nitrogens is 2. The maximum absolute atomic E-state index is 6.29. The van der Waals surface area contributed by atoms with Crippen molar-refractivity contribution in [3.05, 3.63) is 121 Å². The van der Waals surface area contributed by atoms with Crippen LogP contribution in [0.15, 0.2) is 85.3 Å². The predicted molar refractivity (Wildman–Crippen MR) is 158 cm³/mol. The Labute approximate surface area is 248 Å². The first kappa shape index (κ1) is 26.2. The van der Waals surface area contributed by atoms with Gasteiger partial charge < -0.3 is 18.9 Å². The molecule has 0 bridgehead atoms. The molecular formula is C34H27N4OPt-3. The molecule has 7 rings (SSSR count). The Balaban J connectivity index is 0.00000289. The van der Waals surface area contributed by atoms with Crippen LogP contribution in [0.5, 0.6) is 11.5 Å². The van der Waals surface area contributed by atoms with Gasteiger partial charge in [0.2, 0.25) is 0 Å². The van der Waals surface area contributed by atoms with E-state index in [9.17, 15) is 0 Å². The van der Waals surface area contributed by atoms with Crippen LogP contribution in [0.1, 0.15) is 16.7 Å². The van der Waals surface area contributed by atoms with Crippen LogP contribution in [0.25, 0.3) is 38.6 Å². The van der Waals surface area contributed by atoms with E-state index in [1.165, 1.54) is 22.3 Å². The molecule has 0 saturated carbocycles. The van der Waals surface area contributed by atoms with Gasteiger partial charge in [-0.05, 0) is 62.8 Å². The number of fused-ring (bicyclic) bond motifs is 6. The van der Waals surface area contributed by atoms with E-state index >= 15 is 0 Å². The zero-order valence-corrected chi connectivity index (χ0v) is 24.9. The summed E-state index contributed by atoms with van der Waals surface area (Å²) in [6.07, 6.45) is 6.14. The molecule has 0 N–H and O–H groups in total. The fourth-order valence-electron chi connectivity index (χ4n) is 5.65. The summed E-state index contributed by atoms with van der Waals surface area (Å²) in [6.45, 7) is 8.45. The molecule has 202 valence electrons. The molecule has 0 radical (unpaired) electrons. The number of pyridine rings is 1. The summed E-state index contributed by atoms with van der Waals surface area (Å²) in [6, 6.07) is 29.8. The second kappa shape index (κ2) is 10.1. The summed E-state index contributed by atoms with van der Waals surface area (Å²) in [7, 11) is 1.99. The van der Waals surface area contributed by atoms with E-state index in [0.29, 0.717) is 11.5 Å². The van der Waals surface area contributed by atoms with Crippen molar-refractivity contribution in [2.24, 2.45) is 0 Å². The number of rotatable bonds is 4. The van der Waals surface area contributed by atoms with Gasteiger partial charge in [0.05, 0.1) is 11.3 Å². The monoisotopic (exact) mass is 702 g/mol. The van der Waals surface area contributed by atoms with Crippen molar-refractivity contribution in [1.29, 1.82) is 0 Å². The minimum absolute atomic E-state index is 0. The molecule has 0 aliphatic carbocycles. The Hall–Kier alpha value is -4.08. The second-order valence-corrected chi connectivity index (χ2v) is 10.2. The van der Waals surface area contributed by atoms with E-state index in [1.54, 1.807) is 0 Å². The number of hydrogen-bond acceptors (Lipinski definition) is 4. The van der Waals surface area contributed by atoms with Crippen molar-refractivity contribution in [2.75, 3.05) is 11.9 Å². The molecule has 0 unspecified atom stereocenters. The molecule has 2 aromatic heterocycles. The molecule has 1 aliphatic rings. The van der Waals surface area contributed by atoms with E-state index in [1.807, 2.05) is 60.2 Å². The number of ether oxygens (including phenoxy) is 1. The average molecular weight is 703 g/mol. The van der Waals surface area contributed by atoms with Gasteiger partial charge in [-0.2, -0.15) is 12.7 Å². The number of imidazole rings is 1. The van der Waals surface area contributed by atoms with Gasteiger partial charge in [-0.3, -0.25) is 4.98 Å². The maximum Gasteiger partial charge on any atom is 0.0777 e. The summed E-state index contributed by atoms with van der Waals surface area (Å²) >= 11 is 0. The zero-order chi connectivity index (χ0) is 26.7. The normalized spacial score (nSPS) is 13.0. The number of nitrogens with zero attached hydrogens (tertiary/aromatic N) is 4. The van der Waals surface area contributed by atoms with Crippen LogP contribution >= 0.6 is 0 Å². The number of aryl methyl sites for hydroxylation is 3. The summed E-state index contributed by atoms with van der Waals surface area (Å²) in [5.74, 6) is 1.25. The van der Waals surface area contributed by atoms with Crippen LogP contribution < -0.4 is 9.64 Å². The molecule has 0 saturated heterocycles. The molecule has 5 nitrogen and oxygen atoms in total. The van der Waals surface area contributed by atoms with Gasteiger partial charge in [-0.15, -0.1) is 36.0 Å². The molecule has 40 heavy (non-hydrogen) atoms. The van der Waals surface area contributed by atoms with Crippen LogP contribution in [0.2, 0.25) is 0 Å². The standard InChI is InChI=1S/C34H27N4O.Pt/c1-22-16-23(2)33(24(3)17-22)31-20-38-32-11-6-5-10-29(32)28-13-12-27(19-30(28)34(38)35-31)39-26-9-7-8-25(18-26)37-15-14-36(4)21-37;/h5-17,20-21H,1-4H3;/q-3;. The van der Waals surface area contributed by atoms with Crippen LogP contribution in [0.4, 0.5) is 5.69 Å². The van der Waals surface area contributed by atoms with E-state index < -0.39 is 0 Å². The third-order valence-electron chi connectivity index (χ3n) is 7.26. The SMILES string of the molecule is Cc1cc(C)c(-c2cn3c4ccccc4c4ccc(Oc5[c-]c(N6C=CN(C)[CH-]6)ccc5)[c-]c4c3n2)c(C)c1.[Pt]. The van der Waals surface area contributed by atoms with Crippen molar-refractivity contribution >= 4 is 33.0 Å². The zero-order valence-electron chi connectivity index (χ0n) is 22.7. The van der Waals surface area contributed by atoms with E-state index in [-0.39, 0.29) is 21.1 Å². The minimum Gasteiger partial charge on any atom is -0.510 e. The first-order chi connectivity index (χ1) is 18.9. The van der Waals surface area contributed by atoms with Crippen molar-refractivity contribution in [3.8, 4) is 22.8 Å². The average Bonchev–Trinajstić information content (AvgIpc) is 3.55. The summed E-state index contributed by atoms with van der Waals surface area (Å²) in [4.78, 5) is 9.18. The Morgan fingerprint density at radius 2 is 1.60 bits per heavy atom. The van der Waals surface area contributed by atoms with Crippen molar-refractivity contribution in [3.63, 3.8) is 0 Å². The van der Waals surface area contributed by atoms with Gasteiger partial charge in [-0.1, -0.05) is 52.7 Å². The summed E-state index contributed by atoms with van der Waals surface area (Å²) in [5.41, 5.74) is 8.74. The van der Waals surface area contributed by atoms with E-state index in [2.05, 4.69) is 86.0 Å². The van der Waals surface area contributed by atoms with Crippen LogP contribution in [0.3, 0.4) is 0 Å². The third kappa shape index (κ3) is 4.45. The van der Waals surface area contributed by atoms with Gasteiger partial charge in [-0.25, -0.2) is 0 Å². The second-order valence-electron chi connectivity index (χ2n) is 10.2. The molecule has 0 fully saturated rings. The fourth-order valence-corrected chi connectivity index (χ4v) is 5.65. The maximum atomic E-state index is 6.29. The van der Waals surface area contributed by atoms with Gasteiger partial charge in [0.25, 0.3) is 0 Å². The van der Waals surface area contributed by atoms with Crippen molar-refractivity contribution < 1.29 is 25.8 Å². The predicted octanol–water partition coefficient (Wildman–Crippen LogP) is 7.97. The fraction of sp³-hybridized carbons (Fsp3) is 0.118. The molecule has 1 aliphatic heterocycles. The smallest absolute Gasteiger partial charge is 0.0777 e. The van der Waals surface area contributed by atoms with Gasteiger partial charge in [0.1, 0.15) is 0 Å². The number of anilines is 1. The summed E-state index contributed by atoms with van der Waals surface area (Å²) in [5, 5.41) is 3.17. The Morgan fingerprint density at radius 3 is 2.38 bits per heavy atom. The van der Waals surface area contributed by atoms with Crippen molar-refractivity contribution in [1.82, 2.24) is 14.3 Å². The van der Waals surface area contributed by atoms with Crippen LogP contribution in [-0.4, -0.2) is 21.3 Å². The Morgan fingerprint density at radius 1 is 0.825 bits per heavy atom. The van der Waals surface area contributed by atoms with Gasteiger partial charge in [0, 0.05) is 49.8 Å². The number of benzene rings is 4. The van der Waals surface area contributed by atoms with Gasteiger partial charge >= 0.3 is 0 Å². The Bertz CT molecular complexity index is 1920. The number of hydrogen-bond donors (Lipinski definition) is 0. The van der Waals surface area contributed by atoms with Crippen LogP contribution in [-0.2, 0) is 21.1 Å². The summed E-state index contributed by atoms with van der Waals surface area (Å²) < 4.78 is 8.48. The molecule has 4 aromatic carbocycles. The number of para-hydroxylation sites is 1. The first-order valence-electron chi connectivity index (χ1n) is 13.0. The molecule has 0 amide bonds. The molecule has 0 atom stereocenters. The third-order valence-corrected chi connectivity index (χ3v) is 7.26. The minimum atomic E-state index is 0. The topological polar surface area (TPSA) is 33.0 Å². The van der Waals surface area contributed by atoms with E-state index in [0.717, 1.165) is 38.7 Å². The first-order valence-corrected chi connectivity index (χ1v) is 13.0. The molecule has 6 heteroatoms. The molecule has 0 spiro atoms. The Kier molecular flexibility index (Phi) is 6.64. The molecule has 6 aromatic rings. The largest absolute Gasteiger partial charge is 0.510 e. The molecular weight excluding hydrogens is 675 g/mol. The van der Waals surface area contributed by atoms with E-state index in [4.69, 9.17) is 9.72 Å².